The smallest absolute Gasteiger partial charge is 0.146 e. The molecule has 0 bridgehead atoms. The van der Waals surface area contributed by atoms with Gasteiger partial charge in [-0.3, -0.25) is 0 Å². The van der Waals surface area contributed by atoms with Crippen LogP contribution in [0.1, 0.15) is 55.7 Å². The summed E-state index contributed by atoms with van der Waals surface area (Å²) in [6.07, 6.45) is 7.43. The third-order valence-corrected chi connectivity index (χ3v) is 6.50. The predicted octanol–water partition coefficient (Wildman–Crippen LogP) is 9.49. The van der Waals surface area contributed by atoms with Crippen molar-refractivity contribution in [2.24, 2.45) is 0 Å². The molecule has 4 rings (SSSR count). The quantitative estimate of drug-likeness (QED) is 0.137. The van der Waals surface area contributed by atoms with Gasteiger partial charge in [0.05, 0.1) is 5.56 Å². The predicted molar refractivity (Wildman–Crippen MR) is 139 cm³/mol. The van der Waals surface area contributed by atoms with Crippen molar-refractivity contribution in [1.29, 1.82) is 0 Å². The topological polar surface area (TPSA) is 0 Å². The Kier molecular flexibility index (Phi) is 8.16. The molecule has 0 atom stereocenters. The summed E-state index contributed by atoms with van der Waals surface area (Å²) in [6, 6.07) is 19.6. The van der Waals surface area contributed by atoms with Crippen LogP contribution in [-0.4, -0.2) is 0 Å². The van der Waals surface area contributed by atoms with E-state index in [1.807, 2.05) is 12.1 Å². The van der Waals surface area contributed by atoms with Crippen molar-refractivity contribution in [2.75, 3.05) is 0 Å². The van der Waals surface area contributed by atoms with Crippen LogP contribution in [0.25, 0.3) is 21.9 Å². The van der Waals surface area contributed by atoms with Gasteiger partial charge < -0.3 is 0 Å². The Labute approximate surface area is 209 Å². The molecule has 0 unspecified atom stereocenters. The van der Waals surface area contributed by atoms with E-state index in [2.05, 4.69) is 43.0 Å². The molecule has 0 radical (unpaired) electrons. The fourth-order valence-electron chi connectivity index (χ4n) is 4.13. The van der Waals surface area contributed by atoms with E-state index >= 15 is 4.39 Å². The van der Waals surface area contributed by atoms with Crippen LogP contribution in [-0.2, 0) is 6.42 Å². The zero-order valence-electron chi connectivity index (χ0n) is 19.6. The minimum Gasteiger partial charge on any atom is -0.205 e. The van der Waals surface area contributed by atoms with E-state index in [0.29, 0.717) is 5.39 Å². The van der Waals surface area contributed by atoms with E-state index in [-0.39, 0.29) is 11.1 Å². The summed E-state index contributed by atoms with van der Waals surface area (Å²) in [6.45, 7) is 2.22. The second kappa shape index (κ2) is 11.5. The standard InChI is InChI=1S/C31H26ClF3/c1-2-3-4-5-6-7-21-8-11-23(12-9-21)25-16-17-27-26(20-25)15-14-24(31(27)35)13-10-22-18-28(33)30(32)29(34)19-22/h8-9,11-12,14-20H,2-7H2,1H3. The molecule has 0 aliphatic carbocycles. The molecule has 0 heterocycles. The molecule has 0 N–H and O–H groups in total. The minimum atomic E-state index is -0.900. The lowest BCUT2D eigenvalue weighted by molar-refractivity contribution is 0.583. The van der Waals surface area contributed by atoms with Crippen LogP contribution in [0.4, 0.5) is 13.2 Å². The highest BCUT2D eigenvalue weighted by atomic mass is 35.5. The monoisotopic (exact) mass is 490 g/mol. The maximum Gasteiger partial charge on any atom is 0.146 e. The van der Waals surface area contributed by atoms with Gasteiger partial charge in [-0.05, 0) is 59.2 Å². The molecule has 0 saturated carbocycles. The van der Waals surface area contributed by atoms with E-state index in [9.17, 15) is 8.78 Å². The maximum absolute atomic E-state index is 15.1. The lowest BCUT2D eigenvalue weighted by Gasteiger charge is -2.08. The first-order chi connectivity index (χ1) is 17.0. The van der Waals surface area contributed by atoms with Gasteiger partial charge in [0.25, 0.3) is 0 Å². The Hall–Kier alpha value is -3.22. The second-order valence-corrected chi connectivity index (χ2v) is 9.11. The Morgan fingerprint density at radius 3 is 2.11 bits per heavy atom. The average molecular weight is 491 g/mol. The van der Waals surface area contributed by atoms with E-state index < -0.39 is 22.5 Å². The number of unbranched alkanes of at least 4 members (excludes halogenated alkanes) is 4. The molecule has 35 heavy (non-hydrogen) atoms. The lowest BCUT2D eigenvalue weighted by atomic mass is 9.97. The molecule has 0 spiro atoms. The number of rotatable bonds is 7. The van der Waals surface area contributed by atoms with Gasteiger partial charge in [-0.15, -0.1) is 0 Å². The normalized spacial score (nSPS) is 10.9. The average Bonchev–Trinajstić information content (AvgIpc) is 2.87. The summed E-state index contributed by atoms with van der Waals surface area (Å²) in [5, 5.41) is 0.618. The van der Waals surface area contributed by atoms with E-state index in [4.69, 9.17) is 11.6 Å². The molecule has 178 valence electrons. The van der Waals surface area contributed by atoms with Crippen molar-refractivity contribution in [1.82, 2.24) is 0 Å². The van der Waals surface area contributed by atoms with Crippen LogP contribution in [0.15, 0.2) is 66.7 Å². The van der Waals surface area contributed by atoms with Crippen LogP contribution >= 0.6 is 11.6 Å². The van der Waals surface area contributed by atoms with Crippen LogP contribution in [0, 0.1) is 29.3 Å². The number of aryl methyl sites for hydroxylation is 1. The highest BCUT2D eigenvalue weighted by molar-refractivity contribution is 6.30. The van der Waals surface area contributed by atoms with Crippen LogP contribution in [0.3, 0.4) is 0 Å². The molecule has 0 nitrogen and oxygen atoms in total. The summed E-state index contributed by atoms with van der Waals surface area (Å²) in [5.41, 5.74) is 3.67. The first-order valence-electron chi connectivity index (χ1n) is 11.9. The van der Waals surface area contributed by atoms with Gasteiger partial charge in [0, 0.05) is 10.9 Å². The van der Waals surface area contributed by atoms with Gasteiger partial charge in [0.15, 0.2) is 0 Å². The van der Waals surface area contributed by atoms with Gasteiger partial charge in [-0.25, -0.2) is 13.2 Å². The van der Waals surface area contributed by atoms with Crippen molar-refractivity contribution in [2.45, 2.75) is 45.4 Å². The Bertz CT molecular complexity index is 1370. The molecule has 0 aliphatic rings. The van der Waals surface area contributed by atoms with Gasteiger partial charge >= 0.3 is 0 Å². The molecule has 4 heteroatoms. The first kappa shape index (κ1) is 24.9. The number of hydrogen-bond donors (Lipinski definition) is 0. The van der Waals surface area contributed by atoms with Crippen LogP contribution in [0.2, 0.25) is 5.02 Å². The van der Waals surface area contributed by atoms with Gasteiger partial charge in [0.1, 0.15) is 22.5 Å². The number of halogens is 4. The summed E-state index contributed by atoms with van der Waals surface area (Å²) < 4.78 is 42.4. The second-order valence-electron chi connectivity index (χ2n) is 8.73. The highest BCUT2D eigenvalue weighted by Gasteiger charge is 2.09. The molecule has 0 saturated heterocycles. The Balaban J connectivity index is 1.52. The SMILES string of the molecule is CCCCCCCc1ccc(-c2ccc3c(F)c(C#Cc4cc(F)c(Cl)c(F)c4)ccc3c2)cc1. The van der Waals surface area contributed by atoms with Crippen molar-refractivity contribution in [3.05, 3.63) is 106 Å². The molecule has 0 aliphatic heterocycles. The molecule has 4 aromatic rings. The third kappa shape index (κ3) is 6.08. The molecule has 0 aromatic heterocycles. The number of hydrogen-bond acceptors (Lipinski definition) is 0. The lowest BCUT2D eigenvalue weighted by Crippen LogP contribution is -1.90. The van der Waals surface area contributed by atoms with Gasteiger partial charge in [-0.2, -0.15) is 0 Å². The summed E-state index contributed by atoms with van der Waals surface area (Å²) in [4.78, 5) is 0. The molecule has 4 aromatic carbocycles. The zero-order valence-corrected chi connectivity index (χ0v) is 20.4. The van der Waals surface area contributed by atoms with E-state index in [0.717, 1.165) is 35.1 Å². The highest BCUT2D eigenvalue weighted by Crippen LogP contribution is 2.28. The van der Waals surface area contributed by atoms with Crippen molar-refractivity contribution in [3.8, 4) is 23.0 Å². The molecular formula is C31H26ClF3. The minimum absolute atomic E-state index is 0.0867. The summed E-state index contributed by atoms with van der Waals surface area (Å²) in [7, 11) is 0. The van der Waals surface area contributed by atoms with Crippen molar-refractivity contribution < 1.29 is 13.2 Å². The van der Waals surface area contributed by atoms with Crippen LogP contribution in [0.5, 0.6) is 0 Å². The maximum atomic E-state index is 15.1. The van der Waals surface area contributed by atoms with Crippen LogP contribution < -0.4 is 0 Å². The molecule has 0 amide bonds. The number of fused-ring (bicyclic) bond motifs is 1. The summed E-state index contributed by atoms with van der Waals surface area (Å²) in [5.74, 6) is 3.02. The fourth-order valence-corrected chi connectivity index (χ4v) is 4.24. The number of benzene rings is 4. The Morgan fingerprint density at radius 2 is 1.40 bits per heavy atom. The van der Waals surface area contributed by atoms with Gasteiger partial charge in [-0.1, -0.05) is 98.5 Å². The van der Waals surface area contributed by atoms with Gasteiger partial charge in [0.2, 0.25) is 0 Å². The molecule has 0 fully saturated rings. The van der Waals surface area contributed by atoms with E-state index in [1.54, 1.807) is 18.2 Å². The first-order valence-corrected chi connectivity index (χ1v) is 12.3. The third-order valence-electron chi connectivity index (χ3n) is 6.14. The molecular weight excluding hydrogens is 465 g/mol. The van der Waals surface area contributed by atoms with Crippen molar-refractivity contribution in [3.63, 3.8) is 0 Å². The van der Waals surface area contributed by atoms with E-state index in [1.165, 1.54) is 37.7 Å². The Morgan fingerprint density at radius 1 is 0.714 bits per heavy atom. The fraction of sp³-hybridized carbons (Fsp3) is 0.226. The van der Waals surface area contributed by atoms with Crippen molar-refractivity contribution >= 4 is 22.4 Å². The largest absolute Gasteiger partial charge is 0.205 e. The zero-order chi connectivity index (χ0) is 24.8. The summed E-state index contributed by atoms with van der Waals surface area (Å²) >= 11 is 5.50.